The van der Waals surface area contributed by atoms with Gasteiger partial charge >= 0.3 is 0 Å². The molecule has 1 aromatic rings. The van der Waals surface area contributed by atoms with Gasteiger partial charge in [0.2, 0.25) is 0 Å². The van der Waals surface area contributed by atoms with E-state index in [1.807, 2.05) is 0 Å². The number of hydrogen-bond acceptors (Lipinski definition) is 4. The van der Waals surface area contributed by atoms with E-state index in [0.717, 1.165) is 4.47 Å². The van der Waals surface area contributed by atoms with E-state index in [1.54, 1.807) is 32.6 Å². The Morgan fingerprint density at radius 3 is 2.93 bits per heavy atom. The molecule has 0 bridgehead atoms. The highest BCUT2D eigenvalue weighted by Gasteiger charge is 2.03. The molecule has 15 heavy (non-hydrogen) atoms. The topological polar surface area (TPSA) is 72.1 Å². The first kappa shape index (κ1) is 11.6. The summed E-state index contributed by atoms with van der Waals surface area (Å²) < 4.78 is 2.28. The van der Waals surface area contributed by atoms with Crippen LogP contribution in [0.4, 0.5) is 5.69 Å². The summed E-state index contributed by atoms with van der Waals surface area (Å²) in [5.74, 6) is 0.382. The van der Waals surface area contributed by atoms with Gasteiger partial charge in [-0.3, -0.25) is 4.79 Å². The van der Waals surface area contributed by atoms with E-state index in [1.165, 1.54) is 4.57 Å². The Morgan fingerprint density at radius 2 is 2.33 bits per heavy atom. The number of anilines is 1. The highest BCUT2D eigenvalue weighted by molar-refractivity contribution is 9.10. The van der Waals surface area contributed by atoms with Crippen molar-refractivity contribution in [2.45, 2.75) is 0 Å². The first-order chi connectivity index (χ1) is 7.04. The molecule has 1 heterocycles. The molecule has 0 fully saturated rings. The second-order valence-electron chi connectivity index (χ2n) is 3.00. The molecule has 0 aliphatic heterocycles. The fourth-order valence-electron chi connectivity index (χ4n) is 1.11. The molecule has 0 atom stereocenters. The predicted octanol–water partition coefficient (Wildman–Crippen LogP) is 0.537. The van der Waals surface area contributed by atoms with Crippen LogP contribution in [0.3, 0.4) is 0 Å². The van der Waals surface area contributed by atoms with Crippen LogP contribution < -0.4 is 21.9 Å². The molecule has 6 heteroatoms. The zero-order valence-corrected chi connectivity index (χ0v) is 10.1. The number of nitrogens with zero attached hydrogens (tertiary/aromatic N) is 1. The summed E-state index contributed by atoms with van der Waals surface area (Å²) in [7, 11) is 3.41. The third kappa shape index (κ3) is 3.02. The van der Waals surface area contributed by atoms with Crippen LogP contribution in [-0.4, -0.2) is 11.6 Å². The number of nitrogens with two attached hydrogens (primary N) is 1. The summed E-state index contributed by atoms with van der Waals surface area (Å²) >= 11 is 3.30. The lowest BCUT2D eigenvalue weighted by Crippen LogP contribution is -2.23. The van der Waals surface area contributed by atoms with Crippen molar-refractivity contribution in [3.63, 3.8) is 0 Å². The summed E-state index contributed by atoms with van der Waals surface area (Å²) in [6.45, 7) is 0. The number of rotatable bonds is 3. The summed E-state index contributed by atoms with van der Waals surface area (Å²) in [4.78, 5) is 11.6. The van der Waals surface area contributed by atoms with Crippen LogP contribution in [-0.2, 0) is 7.05 Å². The van der Waals surface area contributed by atoms with Crippen LogP contribution in [0, 0.1) is 0 Å². The van der Waals surface area contributed by atoms with Gasteiger partial charge in [-0.15, -0.1) is 0 Å². The fraction of sp³-hybridized carbons (Fsp3) is 0.222. The van der Waals surface area contributed by atoms with Gasteiger partial charge in [0.25, 0.3) is 5.56 Å². The highest BCUT2D eigenvalue weighted by Crippen LogP contribution is 2.11. The summed E-state index contributed by atoms with van der Waals surface area (Å²) in [5.41, 5.74) is 5.90. The Bertz CT molecular complexity index is 438. The van der Waals surface area contributed by atoms with E-state index in [-0.39, 0.29) is 5.56 Å². The Balaban J connectivity index is 3.05. The number of aromatic nitrogens is 1. The molecule has 0 unspecified atom stereocenters. The van der Waals surface area contributed by atoms with E-state index < -0.39 is 0 Å². The maximum absolute atomic E-state index is 11.6. The van der Waals surface area contributed by atoms with Crippen LogP contribution in [0.1, 0.15) is 0 Å². The van der Waals surface area contributed by atoms with Gasteiger partial charge in [-0.05, 0) is 22.0 Å². The van der Waals surface area contributed by atoms with E-state index in [2.05, 4.69) is 26.6 Å². The molecule has 5 nitrogen and oxygen atoms in total. The van der Waals surface area contributed by atoms with Crippen molar-refractivity contribution in [2.24, 2.45) is 12.8 Å². The molecule has 0 saturated carbocycles. The first-order valence-electron chi connectivity index (χ1n) is 4.30. The zero-order chi connectivity index (χ0) is 11.4. The second-order valence-corrected chi connectivity index (χ2v) is 3.92. The molecular formula is C9H13BrN4O. The lowest BCUT2D eigenvalue weighted by atomic mass is 10.4. The van der Waals surface area contributed by atoms with Crippen LogP contribution in [0.15, 0.2) is 33.6 Å². The van der Waals surface area contributed by atoms with Crippen molar-refractivity contribution in [2.75, 3.05) is 12.4 Å². The first-order valence-corrected chi connectivity index (χ1v) is 5.10. The zero-order valence-electron chi connectivity index (χ0n) is 8.54. The van der Waals surface area contributed by atoms with Crippen molar-refractivity contribution in [3.8, 4) is 0 Å². The van der Waals surface area contributed by atoms with Crippen molar-refractivity contribution >= 4 is 21.6 Å². The van der Waals surface area contributed by atoms with E-state index in [4.69, 9.17) is 5.73 Å². The Labute approximate surface area is 96.1 Å². The van der Waals surface area contributed by atoms with Crippen LogP contribution in [0.2, 0.25) is 0 Å². The lowest BCUT2D eigenvalue weighted by Gasteiger charge is -2.07. The number of halogens is 1. The predicted molar refractivity (Wildman–Crippen MR) is 64.3 cm³/mol. The number of aryl methyl sites for hydroxylation is 1. The van der Waals surface area contributed by atoms with E-state index >= 15 is 0 Å². The maximum Gasteiger partial charge on any atom is 0.274 e. The van der Waals surface area contributed by atoms with Crippen molar-refractivity contribution in [1.29, 1.82) is 0 Å². The monoisotopic (exact) mass is 272 g/mol. The molecular weight excluding hydrogens is 260 g/mol. The normalized spacial score (nSPS) is 11.3. The average Bonchev–Trinajstić information content (AvgIpc) is 2.13. The molecule has 0 radical (unpaired) electrons. The van der Waals surface area contributed by atoms with E-state index in [9.17, 15) is 4.79 Å². The average molecular weight is 273 g/mol. The molecule has 0 aliphatic carbocycles. The molecule has 1 aromatic heterocycles. The van der Waals surface area contributed by atoms with Crippen LogP contribution in [0.5, 0.6) is 0 Å². The minimum absolute atomic E-state index is 0.134. The van der Waals surface area contributed by atoms with Gasteiger partial charge in [-0.25, -0.2) is 0 Å². The SMILES string of the molecule is CN/C=C(\N)Nc1cc(Br)cn(C)c1=O. The van der Waals surface area contributed by atoms with Gasteiger partial charge in [-0.1, -0.05) is 0 Å². The minimum atomic E-state index is -0.134. The van der Waals surface area contributed by atoms with Gasteiger partial charge in [0.1, 0.15) is 11.5 Å². The molecule has 0 aromatic carbocycles. The smallest absolute Gasteiger partial charge is 0.274 e. The maximum atomic E-state index is 11.6. The second kappa shape index (κ2) is 4.88. The third-order valence-electron chi connectivity index (χ3n) is 1.73. The van der Waals surface area contributed by atoms with Gasteiger partial charge in [0.15, 0.2) is 0 Å². The number of pyridine rings is 1. The Hall–Kier alpha value is -1.43. The van der Waals surface area contributed by atoms with E-state index in [0.29, 0.717) is 11.5 Å². The van der Waals surface area contributed by atoms with Gasteiger partial charge in [0.05, 0.1) is 0 Å². The minimum Gasteiger partial charge on any atom is -0.391 e. The fourth-order valence-corrected chi connectivity index (χ4v) is 1.64. The van der Waals surface area contributed by atoms with Crippen molar-refractivity contribution in [1.82, 2.24) is 9.88 Å². The third-order valence-corrected chi connectivity index (χ3v) is 2.16. The van der Waals surface area contributed by atoms with Crippen molar-refractivity contribution < 1.29 is 0 Å². The molecule has 0 saturated heterocycles. The van der Waals surface area contributed by atoms with Crippen LogP contribution >= 0.6 is 15.9 Å². The summed E-state index contributed by atoms with van der Waals surface area (Å²) in [5, 5.41) is 5.57. The van der Waals surface area contributed by atoms with Crippen molar-refractivity contribution in [3.05, 3.63) is 39.1 Å². The molecule has 1 rings (SSSR count). The quantitative estimate of drug-likeness (QED) is 0.751. The summed E-state index contributed by atoms with van der Waals surface area (Å²) in [6.07, 6.45) is 3.26. The van der Waals surface area contributed by atoms with Crippen LogP contribution in [0.25, 0.3) is 0 Å². The standard InChI is InChI=1S/C9H13BrN4O/c1-12-4-8(11)13-7-3-6(10)5-14(2)9(7)15/h3-5,12-13H,11H2,1-2H3/b8-4+. The molecule has 82 valence electrons. The van der Waals surface area contributed by atoms with Gasteiger partial charge in [-0.2, -0.15) is 0 Å². The largest absolute Gasteiger partial charge is 0.391 e. The lowest BCUT2D eigenvalue weighted by molar-refractivity contribution is 0.857. The molecule has 0 aliphatic rings. The van der Waals surface area contributed by atoms with Gasteiger partial charge in [0, 0.05) is 31.0 Å². The Kier molecular flexibility index (Phi) is 3.79. The Morgan fingerprint density at radius 1 is 1.67 bits per heavy atom. The molecule has 4 N–H and O–H groups in total. The molecule has 0 spiro atoms. The van der Waals surface area contributed by atoms with Gasteiger partial charge < -0.3 is 20.9 Å². The molecule has 0 amide bonds. The highest BCUT2D eigenvalue weighted by atomic mass is 79.9. The number of nitrogens with one attached hydrogen (secondary N) is 2. The summed E-state index contributed by atoms with van der Waals surface area (Å²) in [6, 6.07) is 1.68. The number of hydrogen-bond donors (Lipinski definition) is 3.